The predicted octanol–water partition coefficient (Wildman–Crippen LogP) is 2.30. The van der Waals surface area contributed by atoms with E-state index in [-0.39, 0.29) is 0 Å². The summed E-state index contributed by atoms with van der Waals surface area (Å²) in [5.74, 6) is 1.60. The molecule has 1 saturated heterocycles. The minimum atomic E-state index is 0.736. The molecule has 0 aromatic rings. The SMILES string of the molecule is CC(C)CN1CCN(CC(C)C)C(C)C1. The molecule has 0 bridgehead atoms. The Labute approximate surface area is 95.6 Å². The molecular weight excluding hydrogens is 184 g/mol. The number of piperazine rings is 1. The van der Waals surface area contributed by atoms with Crippen LogP contribution in [-0.4, -0.2) is 48.6 Å². The zero-order chi connectivity index (χ0) is 11.4. The van der Waals surface area contributed by atoms with E-state index in [1.165, 1.54) is 32.7 Å². The maximum absolute atomic E-state index is 2.64. The zero-order valence-electron chi connectivity index (χ0n) is 11.2. The highest BCUT2D eigenvalue weighted by Crippen LogP contribution is 2.12. The van der Waals surface area contributed by atoms with E-state index in [0.717, 1.165) is 17.9 Å². The molecule has 2 heteroatoms. The van der Waals surface area contributed by atoms with Gasteiger partial charge in [0.25, 0.3) is 0 Å². The van der Waals surface area contributed by atoms with Gasteiger partial charge in [-0.3, -0.25) is 4.90 Å². The summed E-state index contributed by atoms with van der Waals surface area (Å²) in [7, 11) is 0. The maximum atomic E-state index is 2.64. The number of rotatable bonds is 4. The van der Waals surface area contributed by atoms with Crippen molar-refractivity contribution >= 4 is 0 Å². The Hall–Kier alpha value is -0.0800. The molecule has 1 rings (SSSR count). The monoisotopic (exact) mass is 212 g/mol. The van der Waals surface area contributed by atoms with E-state index in [0.29, 0.717) is 0 Å². The van der Waals surface area contributed by atoms with Crippen LogP contribution in [0.2, 0.25) is 0 Å². The topological polar surface area (TPSA) is 6.48 Å². The van der Waals surface area contributed by atoms with Crippen molar-refractivity contribution in [3.63, 3.8) is 0 Å². The van der Waals surface area contributed by atoms with Crippen molar-refractivity contribution in [2.24, 2.45) is 11.8 Å². The third-order valence-corrected chi connectivity index (χ3v) is 3.07. The maximum Gasteiger partial charge on any atom is 0.0195 e. The molecule has 1 heterocycles. The second kappa shape index (κ2) is 5.86. The van der Waals surface area contributed by atoms with E-state index in [4.69, 9.17) is 0 Å². The lowest BCUT2D eigenvalue weighted by atomic mass is 10.1. The summed E-state index contributed by atoms with van der Waals surface area (Å²) in [6.07, 6.45) is 0. The smallest absolute Gasteiger partial charge is 0.0195 e. The fraction of sp³-hybridized carbons (Fsp3) is 1.00. The Morgan fingerprint density at radius 3 is 2.07 bits per heavy atom. The minimum absolute atomic E-state index is 0.736. The van der Waals surface area contributed by atoms with Gasteiger partial charge in [-0.2, -0.15) is 0 Å². The lowest BCUT2D eigenvalue weighted by Crippen LogP contribution is -2.53. The second-order valence-corrected chi connectivity index (χ2v) is 5.89. The van der Waals surface area contributed by atoms with E-state index < -0.39 is 0 Å². The molecule has 1 fully saturated rings. The first-order chi connectivity index (χ1) is 6.99. The molecule has 15 heavy (non-hydrogen) atoms. The molecule has 0 spiro atoms. The summed E-state index contributed by atoms with van der Waals surface area (Å²) >= 11 is 0. The van der Waals surface area contributed by atoms with Gasteiger partial charge < -0.3 is 4.90 Å². The highest BCUT2D eigenvalue weighted by molar-refractivity contribution is 4.79. The van der Waals surface area contributed by atoms with E-state index in [1.807, 2.05) is 0 Å². The van der Waals surface area contributed by atoms with Gasteiger partial charge in [0.05, 0.1) is 0 Å². The van der Waals surface area contributed by atoms with Crippen LogP contribution in [0.25, 0.3) is 0 Å². The Balaban J connectivity index is 2.34. The van der Waals surface area contributed by atoms with Crippen LogP contribution in [0, 0.1) is 11.8 Å². The van der Waals surface area contributed by atoms with Crippen molar-refractivity contribution in [2.75, 3.05) is 32.7 Å². The van der Waals surface area contributed by atoms with Crippen LogP contribution in [0.4, 0.5) is 0 Å². The quantitative estimate of drug-likeness (QED) is 0.705. The van der Waals surface area contributed by atoms with Gasteiger partial charge in [0.15, 0.2) is 0 Å². The van der Waals surface area contributed by atoms with Gasteiger partial charge >= 0.3 is 0 Å². The lowest BCUT2D eigenvalue weighted by molar-refractivity contribution is 0.0679. The van der Waals surface area contributed by atoms with Crippen LogP contribution in [0.1, 0.15) is 34.6 Å². The van der Waals surface area contributed by atoms with Crippen molar-refractivity contribution in [3.8, 4) is 0 Å². The summed E-state index contributed by atoms with van der Waals surface area (Å²) in [6.45, 7) is 17.9. The van der Waals surface area contributed by atoms with Crippen LogP contribution in [0.15, 0.2) is 0 Å². The molecule has 1 aliphatic heterocycles. The van der Waals surface area contributed by atoms with E-state index in [9.17, 15) is 0 Å². The molecule has 1 aliphatic rings. The molecular formula is C13H28N2. The average Bonchev–Trinajstić information content (AvgIpc) is 2.08. The fourth-order valence-corrected chi connectivity index (χ4v) is 2.49. The van der Waals surface area contributed by atoms with Gasteiger partial charge in [-0.15, -0.1) is 0 Å². The summed E-state index contributed by atoms with van der Waals surface area (Å²) in [6, 6.07) is 0.736. The van der Waals surface area contributed by atoms with Gasteiger partial charge in [0.1, 0.15) is 0 Å². The molecule has 0 saturated carbocycles. The first-order valence-corrected chi connectivity index (χ1v) is 6.45. The van der Waals surface area contributed by atoms with Crippen LogP contribution < -0.4 is 0 Å². The molecule has 1 atom stereocenters. The van der Waals surface area contributed by atoms with Gasteiger partial charge in [-0.25, -0.2) is 0 Å². The van der Waals surface area contributed by atoms with E-state index in [2.05, 4.69) is 44.4 Å². The number of nitrogens with zero attached hydrogens (tertiary/aromatic N) is 2. The Morgan fingerprint density at radius 1 is 1.00 bits per heavy atom. The highest BCUT2D eigenvalue weighted by Gasteiger charge is 2.23. The first-order valence-electron chi connectivity index (χ1n) is 6.45. The van der Waals surface area contributed by atoms with Crippen molar-refractivity contribution in [1.82, 2.24) is 9.80 Å². The largest absolute Gasteiger partial charge is 0.300 e. The third-order valence-electron chi connectivity index (χ3n) is 3.07. The van der Waals surface area contributed by atoms with Crippen molar-refractivity contribution in [2.45, 2.75) is 40.7 Å². The number of hydrogen-bond donors (Lipinski definition) is 0. The zero-order valence-corrected chi connectivity index (χ0v) is 11.2. The van der Waals surface area contributed by atoms with Gasteiger partial charge in [0, 0.05) is 38.8 Å². The van der Waals surface area contributed by atoms with Crippen LogP contribution in [0.5, 0.6) is 0 Å². The predicted molar refractivity (Wildman–Crippen MR) is 67.2 cm³/mol. The van der Waals surface area contributed by atoms with Crippen LogP contribution in [0.3, 0.4) is 0 Å². The molecule has 0 aliphatic carbocycles. The summed E-state index contributed by atoms with van der Waals surface area (Å²) < 4.78 is 0. The summed E-state index contributed by atoms with van der Waals surface area (Å²) in [5.41, 5.74) is 0. The summed E-state index contributed by atoms with van der Waals surface area (Å²) in [5, 5.41) is 0. The van der Waals surface area contributed by atoms with Crippen molar-refractivity contribution < 1.29 is 0 Å². The normalized spacial score (nSPS) is 25.4. The first kappa shape index (κ1) is 13.0. The Morgan fingerprint density at radius 2 is 1.60 bits per heavy atom. The minimum Gasteiger partial charge on any atom is -0.300 e. The molecule has 1 unspecified atom stereocenters. The second-order valence-electron chi connectivity index (χ2n) is 5.89. The average molecular weight is 212 g/mol. The van der Waals surface area contributed by atoms with Crippen LogP contribution >= 0.6 is 0 Å². The lowest BCUT2D eigenvalue weighted by Gasteiger charge is -2.41. The molecule has 0 radical (unpaired) electrons. The summed E-state index contributed by atoms with van der Waals surface area (Å²) in [4.78, 5) is 5.26. The standard InChI is InChI=1S/C13H28N2/c1-11(2)8-14-6-7-15(9-12(3)4)13(5)10-14/h11-13H,6-10H2,1-5H3. The van der Waals surface area contributed by atoms with Crippen LogP contribution in [-0.2, 0) is 0 Å². The third kappa shape index (κ3) is 4.52. The molecule has 0 aromatic heterocycles. The van der Waals surface area contributed by atoms with E-state index >= 15 is 0 Å². The molecule has 2 nitrogen and oxygen atoms in total. The Bertz CT molecular complexity index is 177. The van der Waals surface area contributed by atoms with Gasteiger partial charge in [-0.05, 0) is 18.8 Å². The van der Waals surface area contributed by atoms with E-state index in [1.54, 1.807) is 0 Å². The highest BCUT2D eigenvalue weighted by atomic mass is 15.3. The van der Waals surface area contributed by atoms with Gasteiger partial charge in [-0.1, -0.05) is 27.7 Å². The fourth-order valence-electron chi connectivity index (χ4n) is 2.49. The molecule has 0 amide bonds. The number of hydrogen-bond acceptors (Lipinski definition) is 2. The molecule has 90 valence electrons. The van der Waals surface area contributed by atoms with Crippen molar-refractivity contribution in [3.05, 3.63) is 0 Å². The molecule has 0 aromatic carbocycles. The van der Waals surface area contributed by atoms with Gasteiger partial charge in [0.2, 0.25) is 0 Å². The van der Waals surface area contributed by atoms with Crippen molar-refractivity contribution in [1.29, 1.82) is 0 Å². The molecule has 0 N–H and O–H groups in total. The Kier molecular flexibility index (Phi) is 5.07.